The van der Waals surface area contributed by atoms with Crippen molar-refractivity contribution in [2.24, 2.45) is 17.6 Å². The molecule has 226 valence electrons. The Hall–Kier alpha value is -3.69. The normalized spacial score (nSPS) is 18.2. The smallest absolute Gasteiger partial charge is 0.341 e. The summed E-state index contributed by atoms with van der Waals surface area (Å²) in [4.78, 5) is 30.1. The van der Waals surface area contributed by atoms with Crippen LogP contribution in [0.3, 0.4) is 0 Å². The van der Waals surface area contributed by atoms with E-state index in [1.165, 1.54) is 0 Å². The molecule has 1 aliphatic carbocycles. The van der Waals surface area contributed by atoms with Crippen LogP contribution in [0.4, 0.5) is 19.0 Å². The Bertz CT molecular complexity index is 1520. The highest BCUT2D eigenvalue weighted by molar-refractivity contribution is 7.85. The molecule has 2 aliphatic rings. The maximum Gasteiger partial charge on any atom is 0.341 e. The first-order chi connectivity index (χ1) is 16.3. The Kier molecular flexibility index (Phi) is 13.1. The molecule has 3 heterocycles. The molecular weight excluding hydrogens is 573 g/mol. The van der Waals surface area contributed by atoms with Crippen LogP contribution in [-0.2, 0) is 10.1 Å². The van der Waals surface area contributed by atoms with Crippen LogP contribution >= 0.6 is 0 Å². The summed E-state index contributed by atoms with van der Waals surface area (Å²) in [5.41, 5.74) is 3.94. The fraction of sp³-hybridized carbons (Fsp3) is 0.286. The number of anilines is 1. The first kappa shape index (κ1) is 38.5. The lowest BCUT2D eigenvalue weighted by atomic mass is 10.1. The molecule has 1 aliphatic heterocycles. The minimum Gasteiger partial charge on any atom is -0.477 e. The number of aromatic nitrogens is 2. The van der Waals surface area contributed by atoms with Gasteiger partial charge in [0.2, 0.25) is 5.43 Å². The quantitative estimate of drug-likeness (QED) is 0.262. The van der Waals surface area contributed by atoms with E-state index >= 15 is 0 Å². The van der Waals surface area contributed by atoms with Crippen LogP contribution in [0.1, 0.15) is 10.4 Å². The molecule has 3 aromatic rings. The summed E-state index contributed by atoms with van der Waals surface area (Å²) < 4.78 is 69.6. The number of benzene rings is 1. The van der Waals surface area contributed by atoms with Crippen molar-refractivity contribution >= 4 is 32.9 Å². The van der Waals surface area contributed by atoms with E-state index in [4.69, 9.17) is 10.3 Å². The highest BCUT2D eigenvalue weighted by Gasteiger charge is 2.54. The van der Waals surface area contributed by atoms with Gasteiger partial charge in [-0.05, 0) is 30.0 Å². The number of nitrogens with two attached hydrogens (primary N) is 1. The van der Waals surface area contributed by atoms with E-state index < -0.39 is 44.5 Å². The van der Waals surface area contributed by atoms with Crippen molar-refractivity contribution in [3.8, 4) is 5.69 Å². The summed E-state index contributed by atoms with van der Waals surface area (Å²) in [7, 11) is -3.67. The maximum atomic E-state index is 14.8. The molecule has 40 heavy (non-hydrogen) atoms. The van der Waals surface area contributed by atoms with Gasteiger partial charge in [0, 0.05) is 31.4 Å². The van der Waals surface area contributed by atoms with Gasteiger partial charge in [-0.15, -0.1) is 0 Å². The minimum atomic E-state index is -3.67. The SMILES string of the molecule is CS(=O)(=O)O.N[C@@H]1[C@H]2CN(c3nc4c(cc3F)c(=O)c(C(=O)O)cn4-c3ccc(F)cc3F)C[C@@H]12.O.O.O.O.O. The average Bonchev–Trinajstić information content (AvgIpc) is 3.14. The third-order valence-electron chi connectivity index (χ3n) is 5.87. The van der Waals surface area contributed by atoms with Crippen molar-refractivity contribution in [2.45, 2.75) is 6.04 Å². The molecule has 19 heteroatoms. The molecule has 0 radical (unpaired) electrons. The van der Waals surface area contributed by atoms with E-state index in [1.54, 1.807) is 4.90 Å². The number of hydrogen-bond donors (Lipinski definition) is 3. The Morgan fingerprint density at radius 2 is 1.55 bits per heavy atom. The third-order valence-corrected chi connectivity index (χ3v) is 5.87. The molecule has 1 saturated carbocycles. The summed E-state index contributed by atoms with van der Waals surface area (Å²) in [5, 5.41) is 9.05. The van der Waals surface area contributed by atoms with Crippen molar-refractivity contribution < 1.29 is 63.4 Å². The van der Waals surface area contributed by atoms with E-state index in [-0.39, 0.29) is 67.8 Å². The summed E-state index contributed by atoms with van der Waals surface area (Å²) in [6.07, 6.45) is 1.63. The van der Waals surface area contributed by atoms with Gasteiger partial charge >= 0.3 is 5.97 Å². The zero-order valence-corrected chi connectivity index (χ0v) is 21.3. The standard InChI is InChI=1S/C20H15F3N4O3.CH4O3S.5H2O/c21-8-1-2-15(13(22)3-8)27-7-12(20(29)30)17(28)9-4-14(23)19(25-18(9)27)26-5-10-11(6-26)16(10)24;1-5(2,3)4;;;;;/h1-4,7,10-11,16H,5-6,24H2,(H,29,30);1H3,(H,2,3,4);5*1H2/t10-,11+,16+;;;;;;. The number of fused-ring (bicyclic) bond motifs is 2. The van der Waals surface area contributed by atoms with Crippen LogP contribution in [0, 0.1) is 29.3 Å². The number of hydrogen-bond acceptors (Lipinski definition) is 7. The molecule has 2 fully saturated rings. The van der Waals surface area contributed by atoms with Crippen LogP contribution in [0.25, 0.3) is 16.7 Å². The molecule has 2 aromatic heterocycles. The van der Waals surface area contributed by atoms with Gasteiger partial charge in [0.05, 0.1) is 17.3 Å². The second-order valence-corrected chi connectivity index (χ2v) is 9.82. The Morgan fingerprint density at radius 1 is 1.02 bits per heavy atom. The first-order valence-electron chi connectivity index (χ1n) is 10.1. The first-order valence-corrected chi connectivity index (χ1v) is 12.0. The van der Waals surface area contributed by atoms with E-state index in [0.717, 1.165) is 29.0 Å². The van der Waals surface area contributed by atoms with Gasteiger partial charge in [-0.1, -0.05) is 0 Å². The lowest BCUT2D eigenvalue weighted by Gasteiger charge is -2.22. The number of pyridine rings is 2. The van der Waals surface area contributed by atoms with Crippen LogP contribution in [0.2, 0.25) is 0 Å². The number of rotatable bonds is 3. The third kappa shape index (κ3) is 7.49. The Morgan fingerprint density at radius 3 is 2.02 bits per heavy atom. The van der Waals surface area contributed by atoms with Gasteiger partial charge in [-0.2, -0.15) is 8.42 Å². The van der Waals surface area contributed by atoms with Crippen LogP contribution in [0.15, 0.2) is 35.3 Å². The predicted octanol–water partition coefficient (Wildman–Crippen LogP) is -2.72. The Labute approximate surface area is 223 Å². The molecule has 0 bridgehead atoms. The highest BCUT2D eigenvalue weighted by Crippen LogP contribution is 2.45. The molecule has 15 nitrogen and oxygen atoms in total. The van der Waals surface area contributed by atoms with Crippen LogP contribution in [-0.4, -0.2) is 86.4 Å². The molecule has 1 aromatic carbocycles. The lowest BCUT2D eigenvalue weighted by Crippen LogP contribution is -2.30. The maximum absolute atomic E-state index is 14.8. The summed E-state index contributed by atoms with van der Waals surface area (Å²) in [6, 6.07) is 3.69. The monoisotopic (exact) mass is 602 g/mol. The van der Waals surface area contributed by atoms with E-state index in [9.17, 15) is 36.3 Å². The van der Waals surface area contributed by atoms with Crippen LogP contribution < -0.4 is 16.1 Å². The molecule has 5 rings (SSSR count). The number of carboxylic acids is 1. The van der Waals surface area contributed by atoms with Crippen LogP contribution in [0.5, 0.6) is 0 Å². The van der Waals surface area contributed by atoms with Gasteiger partial charge in [-0.3, -0.25) is 13.9 Å². The summed E-state index contributed by atoms with van der Waals surface area (Å²) >= 11 is 0. The van der Waals surface area contributed by atoms with E-state index in [0.29, 0.717) is 25.4 Å². The summed E-state index contributed by atoms with van der Waals surface area (Å²) in [5.74, 6) is -3.70. The predicted molar refractivity (Wildman–Crippen MR) is 137 cm³/mol. The number of piperidine rings is 1. The zero-order chi connectivity index (χ0) is 25.8. The van der Waals surface area contributed by atoms with Crippen molar-refractivity contribution in [2.75, 3.05) is 24.2 Å². The molecule has 1 saturated heterocycles. The largest absolute Gasteiger partial charge is 0.477 e. The van der Waals surface area contributed by atoms with E-state index in [2.05, 4.69) is 4.98 Å². The minimum absolute atomic E-state index is 0. The fourth-order valence-corrected chi connectivity index (χ4v) is 4.19. The molecular formula is C21H29F3N4O11S. The van der Waals surface area contributed by atoms with Gasteiger partial charge in [0.1, 0.15) is 17.2 Å². The van der Waals surface area contributed by atoms with Crippen molar-refractivity contribution in [1.29, 1.82) is 0 Å². The highest BCUT2D eigenvalue weighted by atomic mass is 32.2. The van der Waals surface area contributed by atoms with Gasteiger partial charge in [0.25, 0.3) is 10.1 Å². The number of halogens is 3. The van der Waals surface area contributed by atoms with E-state index in [1.807, 2.05) is 0 Å². The Balaban J connectivity index is 0. The summed E-state index contributed by atoms with van der Waals surface area (Å²) in [6.45, 7) is 1.01. The molecule has 0 unspecified atom stereocenters. The van der Waals surface area contributed by atoms with Gasteiger partial charge < -0.3 is 43.1 Å². The number of carbonyl (C=O) groups is 1. The second kappa shape index (κ2) is 13.6. The number of aromatic carboxylic acids is 1. The van der Waals surface area contributed by atoms with Gasteiger partial charge in [0.15, 0.2) is 17.3 Å². The molecule has 14 N–H and O–H groups in total. The van der Waals surface area contributed by atoms with Crippen molar-refractivity contribution in [3.05, 3.63) is 63.7 Å². The molecule has 0 amide bonds. The molecule has 0 spiro atoms. The fourth-order valence-electron chi connectivity index (χ4n) is 4.19. The lowest BCUT2D eigenvalue weighted by molar-refractivity contribution is 0.0695. The molecule has 3 atom stereocenters. The average molecular weight is 603 g/mol. The van der Waals surface area contributed by atoms with Crippen molar-refractivity contribution in [1.82, 2.24) is 9.55 Å². The number of nitrogens with zero attached hydrogens (tertiary/aromatic N) is 3. The number of carboxylic acid groups (broad SMARTS) is 1. The topological polar surface area (TPSA) is 313 Å². The van der Waals surface area contributed by atoms with Crippen molar-refractivity contribution in [3.63, 3.8) is 0 Å². The second-order valence-electron chi connectivity index (χ2n) is 8.35. The van der Waals surface area contributed by atoms with Gasteiger partial charge in [-0.25, -0.2) is 22.9 Å². The zero-order valence-electron chi connectivity index (χ0n) is 20.5.